The van der Waals surface area contributed by atoms with Crippen LogP contribution < -0.4 is 9.05 Å². The smallest absolute Gasteiger partial charge is 0.405 e. The van der Waals surface area contributed by atoms with Gasteiger partial charge in [0.15, 0.2) is 5.75 Å². The van der Waals surface area contributed by atoms with E-state index in [9.17, 15) is 4.57 Å². The lowest BCUT2D eigenvalue weighted by Gasteiger charge is -2.15. The Balaban J connectivity index is 1.90. The Morgan fingerprint density at radius 1 is 0.957 bits per heavy atom. The van der Waals surface area contributed by atoms with Gasteiger partial charge in [0.2, 0.25) is 0 Å². The normalized spacial score (nSPS) is 13.5. The molecule has 0 N–H and O–H groups in total. The van der Waals surface area contributed by atoms with E-state index in [0.717, 1.165) is 0 Å². The second kappa shape index (κ2) is 6.58. The molecule has 1 atom stereocenters. The SMILES string of the molecule is O=P(Cl)(Oc1ccc(Cl)cc1)Oc1ccc(Cl)c2cccnc12. The molecule has 4 nitrogen and oxygen atoms in total. The van der Waals surface area contributed by atoms with Crippen molar-refractivity contribution in [3.63, 3.8) is 0 Å². The van der Waals surface area contributed by atoms with Gasteiger partial charge in [-0.1, -0.05) is 23.2 Å². The van der Waals surface area contributed by atoms with Crippen molar-refractivity contribution in [3.8, 4) is 11.5 Å². The van der Waals surface area contributed by atoms with Crippen LogP contribution in [0.4, 0.5) is 0 Å². The number of halogens is 3. The van der Waals surface area contributed by atoms with Crippen LogP contribution in [0.1, 0.15) is 0 Å². The molecule has 0 saturated carbocycles. The van der Waals surface area contributed by atoms with Gasteiger partial charge in [-0.25, -0.2) is 4.57 Å². The standard InChI is InChI=1S/C15H9Cl3NO3P/c16-10-3-5-11(6-4-10)21-23(18,20)22-14-8-7-13(17)12-2-1-9-19-15(12)14/h1-9H. The van der Waals surface area contributed by atoms with E-state index in [1.165, 1.54) is 6.07 Å². The predicted octanol–water partition coefficient (Wildman–Crippen LogP) is 6.35. The van der Waals surface area contributed by atoms with Gasteiger partial charge < -0.3 is 9.05 Å². The Morgan fingerprint density at radius 2 is 1.70 bits per heavy atom. The van der Waals surface area contributed by atoms with Crippen LogP contribution in [0.5, 0.6) is 11.5 Å². The first-order valence-corrected chi connectivity index (χ1v) is 9.63. The Labute approximate surface area is 147 Å². The van der Waals surface area contributed by atoms with E-state index >= 15 is 0 Å². The topological polar surface area (TPSA) is 48.4 Å². The summed E-state index contributed by atoms with van der Waals surface area (Å²) in [5.41, 5.74) is 0.445. The molecule has 0 aliphatic carbocycles. The molecule has 23 heavy (non-hydrogen) atoms. The minimum atomic E-state index is -3.92. The second-order valence-electron chi connectivity index (χ2n) is 4.51. The molecule has 8 heteroatoms. The maximum atomic E-state index is 12.4. The molecule has 0 aliphatic heterocycles. The van der Waals surface area contributed by atoms with Crippen LogP contribution in [0.3, 0.4) is 0 Å². The fourth-order valence-corrected chi connectivity index (χ4v) is 3.54. The van der Waals surface area contributed by atoms with Crippen LogP contribution in [0.25, 0.3) is 10.9 Å². The highest BCUT2D eigenvalue weighted by Gasteiger charge is 2.26. The highest BCUT2D eigenvalue weighted by atomic mass is 35.7. The van der Waals surface area contributed by atoms with E-state index in [-0.39, 0.29) is 11.5 Å². The number of pyridine rings is 1. The van der Waals surface area contributed by atoms with E-state index < -0.39 is 6.95 Å². The summed E-state index contributed by atoms with van der Waals surface area (Å²) in [7, 11) is 0. The third-order valence-corrected chi connectivity index (χ3v) is 4.75. The molecule has 0 spiro atoms. The predicted molar refractivity (Wildman–Crippen MR) is 92.9 cm³/mol. The molecule has 1 unspecified atom stereocenters. The van der Waals surface area contributed by atoms with Gasteiger partial charge in [-0.3, -0.25) is 4.98 Å². The molecule has 0 fully saturated rings. The Morgan fingerprint density at radius 3 is 2.43 bits per heavy atom. The number of aromatic nitrogens is 1. The van der Waals surface area contributed by atoms with Crippen molar-refractivity contribution < 1.29 is 13.6 Å². The molecule has 0 aliphatic rings. The summed E-state index contributed by atoms with van der Waals surface area (Å²) in [6.45, 7) is -3.92. The van der Waals surface area contributed by atoms with Crippen LogP contribution in [0.15, 0.2) is 54.7 Å². The van der Waals surface area contributed by atoms with Crippen molar-refractivity contribution in [2.45, 2.75) is 0 Å². The number of nitrogens with zero attached hydrogens (tertiary/aromatic N) is 1. The lowest BCUT2D eigenvalue weighted by atomic mass is 10.2. The number of rotatable bonds is 4. The summed E-state index contributed by atoms with van der Waals surface area (Å²) < 4.78 is 23.0. The highest BCUT2D eigenvalue weighted by molar-refractivity contribution is 7.82. The number of benzene rings is 2. The zero-order chi connectivity index (χ0) is 16.4. The first-order valence-electron chi connectivity index (χ1n) is 6.42. The van der Waals surface area contributed by atoms with Gasteiger partial charge in [-0.15, -0.1) is 0 Å². The fraction of sp³-hybridized carbons (Fsp3) is 0. The Bertz CT molecular complexity index is 902. The van der Waals surface area contributed by atoms with Gasteiger partial charge in [-0.2, -0.15) is 0 Å². The molecule has 0 saturated heterocycles. The molecular formula is C15H9Cl3NO3P. The average Bonchev–Trinajstić information content (AvgIpc) is 2.52. The zero-order valence-electron chi connectivity index (χ0n) is 11.4. The number of fused-ring (bicyclic) bond motifs is 1. The third kappa shape index (κ3) is 3.91. The maximum absolute atomic E-state index is 12.4. The lowest BCUT2D eigenvalue weighted by Crippen LogP contribution is -1.96. The quantitative estimate of drug-likeness (QED) is 0.489. The van der Waals surface area contributed by atoms with Gasteiger partial charge in [0.05, 0.1) is 5.02 Å². The summed E-state index contributed by atoms with van der Waals surface area (Å²) in [5, 5.41) is 1.69. The van der Waals surface area contributed by atoms with E-state index in [2.05, 4.69) is 4.98 Å². The molecule has 0 radical (unpaired) electrons. The molecule has 2 aromatic carbocycles. The van der Waals surface area contributed by atoms with Gasteiger partial charge in [0.25, 0.3) is 0 Å². The lowest BCUT2D eigenvalue weighted by molar-refractivity contribution is 0.408. The van der Waals surface area contributed by atoms with Crippen molar-refractivity contribution in [1.29, 1.82) is 0 Å². The molecule has 0 amide bonds. The minimum Gasteiger partial charge on any atom is -0.405 e. The summed E-state index contributed by atoms with van der Waals surface area (Å²) in [6.07, 6.45) is 1.57. The van der Waals surface area contributed by atoms with Crippen molar-refractivity contribution in [2.24, 2.45) is 0 Å². The fourth-order valence-electron chi connectivity index (χ4n) is 1.94. The summed E-state index contributed by atoms with van der Waals surface area (Å²) in [4.78, 5) is 4.18. The first kappa shape index (κ1) is 16.4. The van der Waals surface area contributed by atoms with Crippen molar-refractivity contribution in [1.82, 2.24) is 4.98 Å². The van der Waals surface area contributed by atoms with Gasteiger partial charge in [0, 0.05) is 27.8 Å². The molecule has 118 valence electrons. The Kier molecular flexibility index (Phi) is 4.69. The third-order valence-electron chi connectivity index (χ3n) is 2.91. The van der Waals surface area contributed by atoms with Crippen molar-refractivity contribution >= 4 is 52.3 Å². The van der Waals surface area contributed by atoms with Crippen LogP contribution in [-0.4, -0.2) is 4.98 Å². The molecule has 3 aromatic rings. The van der Waals surface area contributed by atoms with E-state index in [1.807, 2.05) is 0 Å². The average molecular weight is 389 g/mol. The van der Waals surface area contributed by atoms with Crippen LogP contribution in [-0.2, 0) is 4.57 Å². The largest absolute Gasteiger partial charge is 0.530 e. The number of hydrogen-bond donors (Lipinski definition) is 0. The molecule has 3 rings (SSSR count). The number of hydrogen-bond acceptors (Lipinski definition) is 4. The Hall–Kier alpha value is -1.45. The minimum absolute atomic E-state index is 0.220. The molecule has 1 heterocycles. The molecule has 0 bridgehead atoms. The second-order valence-corrected chi connectivity index (χ2v) is 7.82. The van der Waals surface area contributed by atoms with Gasteiger partial charge in [-0.05, 0) is 48.5 Å². The maximum Gasteiger partial charge on any atom is 0.530 e. The summed E-state index contributed by atoms with van der Waals surface area (Å²) >= 11 is 17.8. The first-order chi connectivity index (χ1) is 10.9. The molecule has 1 aromatic heterocycles. The van der Waals surface area contributed by atoms with Crippen LogP contribution in [0, 0.1) is 0 Å². The van der Waals surface area contributed by atoms with Gasteiger partial charge in [0.1, 0.15) is 11.3 Å². The van der Waals surface area contributed by atoms with Crippen LogP contribution >= 0.6 is 41.4 Å². The summed E-state index contributed by atoms with van der Waals surface area (Å²) in [6, 6.07) is 12.9. The van der Waals surface area contributed by atoms with E-state index in [0.29, 0.717) is 20.9 Å². The van der Waals surface area contributed by atoms with E-state index in [1.54, 1.807) is 48.7 Å². The highest BCUT2D eigenvalue weighted by Crippen LogP contribution is 2.54. The van der Waals surface area contributed by atoms with E-state index in [4.69, 9.17) is 43.5 Å². The van der Waals surface area contributed by atoms with Crippen molar-refractivity contribution in [2.75, 3.05) is 0 Å². The monoisotopic (exact) mass is 387 g/mol. The van der Waals surface area contributed by atoms with Crippen molar-refractivity contribution in [3.05, 3.63) is 64.8 Å². The van der Waals surface area contributed by atoms with Crippen LogP contribution in [0.2, 0.25) is 10.0 Å². The summed E-state index contributed by atoms with van der Waals surface area (Å²) in [5.74, 6) is 0.497. The zero-order valence-corrected chi connectivity index (χ0v) is 14.6. The van der Waals surface area contributed by atoms with Gasteiger partial charge >= 0.3 is 6.95 Å². The molecular weight excluding hydrogens is 380 g/mol.